The molecule has 4 aliphatic rings. The van der Waals surface area contributed by atoms with E-state index in [9.17, 15) is 13.2 Å². The summed E-state index contributed by atoms with van der Waals surface area (Å²) in [6.45, 7) is 8.50. The Bertz CT molecular complexity index is 1630. The first-order chi connectivity index (χ1) is 22.7. The maximum Gasteiger partial charge on any atom is 0.323 e. The highest BCUT2D eigenvalue weighted by Crippen LogP contribution is 2.51. The van der Waals surface area contributed by atoms with Crippen LogP contribution in [0.2, 0.25) is 0 Å². The molecule has 47 heavy (non-hydrogen) atoms. The van der Waals surface area contributed by atoms with Crippen molar-refractivity contribution in [2.24, 2.45) is 17.8 Å². The molecule has 2 amide bonds. The summed E-state index contributed by atoms with van der Waals surface area (Å²) in [5, 5.41) is 0. The molecule has 250 valence electrons. The summed E-state index contributed by atoms with van der Waals surface area (Å²) >= 11 is 0. The molecule has 0 radical (unpaired) electrons. The molecule has 1 aliphatic carbocycles. The SMILES string of the molecule is CN1COCN([C@@H]2CCC[C@H]2C(C)(c2ccccc2)C2CCN(CC3CN(c4ccc(S(=O)(=O)c5ccncc5)cc4)C3)CC2)C1=O. The van der Waals surface area contributed by atoms with Gasteiger partial charge in [-0.25, -0.2) is 13.2 Å². The van der Waals surface area contributed by atoms with E-state index < -0.39 is 9.84 Å². The van der Waals surface area contributed by atoms with Crippen LogP contribution in [0.1, 0.15) is 44.6 Å². The van der Waals surface area contributed by atoms with Crippen LogP contribution in [-0.4, -0.2) is 93.4 Å². The number of ether oxygens (including phenoxy) is 1. The van der Waals surface area contributed by atoms with Crippen molar-refractivity contribution in [1.29, 1.82) is 0 Å². The largest absolute Gasteiger partial charge is 0.371 e. The Kier molecular flexibility index (Phi) is 9.02. The van der Waals surface area contributed by atoms with Gasteiger partial charge in [0, 0.05) is 62.1 Å². The van der Waals surface area contributed by atoms with Gasteiger partial charge < -0.3 is 19.4 Å². The lowest BCUT2D eigenvalue weighted by Gasteiger charge is -2.51. The highest BCUT2D eigenvalue weighted by molar-refractivity contribution is 7.91. The Morgan fingerprint density at radius 3 is 2.26 bits per heavy atom. The molecular weight excluding hydrogens is 611 g/mol. The molecular formula is C37H47N5O4S. The third-order valence-corrected chi connectivity index (χ3v) is 13.3. The van der Waals surface area contributed by atoms with Crippen LogP contribution in [0.25, 0.3) is 0 Å². The molecule has 1 aromatic heterocycles. The Labute approximate surface area is 279 Å². The second kappa shape index (κ2) is 13.2. The number of sulfone groups is 1. The van der Waals surface area contributed by atoms with E-state index in [0.717, 1.165) is 70.5 Å². The number of urea groups is 1. The van der Waals surface area contributed by atoms with Crippen molar-refractivity contribution in [1.82, 2.24) is 19.7 Å². The van der Waals surface area contributed by atoms with E-state index in [0.29, 0.717) is 36.1 Å². The Morgan fingerprint density at radius 2 is 1.55 bits per heavy atom. The lowest BCUT2D eigenvalue weighted by atomic mass is 9.59. The van der Waals surface area contributed by atoms with Crippen molar-refractivity contribution in [3.05, 3.63) is 84.7 Å². The van der Waals surface area contributed by atoms with Gasteiger partial charge in [-0.05, 0) is 92.6 Å². The summed E-state index contributed by atoms with van der Waals surface area (Å²) in [5.74, 6) is 1.55. The lowest BCUT2D eigenvalue weighted by molar-refractivity contribution is -0.0699. The second-order valence-electron chi connectivity index (χ2n) is 14.2. The summed E-state index contributed by atoms with van der Waals surface area (Å²) in [6, 6.07) is 21.7. The third kappa shape index (κ3) is 6.16. The van der Waals surface area contributed by atoms with E-state index >= 15 is 0 Å². The molecule has 9 nitrogen and oxygen atoms in total. The minimum absolute atomic E-state index is 0.0187. The topological polar surface area (TPSA) is 86.3 Å². The van der Waals surface area contributed by atoms with Gasteiger partial charge in [0.25, 0.3) is 0 Å². The summed E-state index contributed by atoms with van der Waals surface area (Å²) in [5.41, 5.74) is 2.46. The number of benzene rings is 2. The van der Waals surface area contributed by atoms with Crippen LogP contribution in [0.3, 0.4) is 0 Å². The number of likely N-dealkylation sites (tertiary alicyclic amines) is 1. The highest BCUT2D eigenvalue weighted by atomic mass is 32.2. The van der Waals surface area contributed by atoms with Crippen molar-refractivity contribution < 1.29 is 17.9 Å². The number of nitrogens with zero attached hydrogens (tertiary/aromatic N) is 5. The van der Waals surface area contributed by atoms with Crippen molar-refractivity contribution in [3.8, 4) is 0 Å². The zero-order valence-electron chi connectivity index (χ0n) is 27.6. The fraction of sp³-hybridized carbons (Fsp3) is 0.514. The summed E-state index contributed by atoms with van der Waals surface area (Å²) in [6.07, 6.45) is 8.64. The molecule has 3 saturated heterocycles. The van der Waals surface area contributed by atoms with Crippen LogP contribution in [0.15, 0.2) is 88.9 Å². The molecule has 0 N–H and O–H groups in total. The molecule has 1 unspecified atom stereocenters. The monoisotopic (exact) mass is 657 g/mol. The van der Waals surface area contributed by atoms with Crippen LogP contribution in [0.5, 0.6) is 0 Å². The van der Waals surface area contributed by atoms with E-state index in [4.69, 9.17) is 4.74 Å². The fourth-order valence-corrected chi connectivity index (χ4v) is 10.1. The quantitative estimate of drug-likeness (QED) is 0.301. The zero-order chi connectivity index (χ0) is 32.6. The van der Waals surface area contributed by atoms with Gasteiger partial charge in [-0.3, -0.25) is 9.88 Å². The summed E-state index contributed by atoms with van der Waals surface area (Å²) in [4.78, 5) is 26.4. The Balaban J connectivity index is 0.969. The van der Waals surface area contributed by atoms with E-state index in [1.165, 1.54) is 30.1 Å². The van der Waals surface area contributed by atoms with Gasteiger partial charge in [-0.15, -0.1) is 0 Å². The number of aromatic nitrogens is 1. The Morgan fingerprint density at radius 1 is 0.872 bits per heavy atom. The van der Waals surface area contributed by atoms with Crippen molar-refractivity contribution in [2.45, 2.75) is 60.3 Å². The standard InChI is InChI=1S/C37H47N5O4S/c1-37(29-7-4-3-5-8-29,34-9-6-10-35(34)42-27-46-26-39(2)36(42)43)30-17-21-40(22-18-30)23-28-24-41(25-28)31-11-13-32(14-12-31)47(44,45)33-15-19-38-20-16-33/h3-5,7-8,11-16,19-20,28,30,34-35H,6,9-10,17-18,21-27H2,1-2H3/t34-,35-,37?/m1/s1. The van der Waals surface area contributed by atoms with Crippen molar-refractivity contribution in [2.75, 3.05) is 58.1 Å². The van der Waals surface area contributed by atoms with Crippen molar-refractivity contribution in [3.63, 3.8) is 0 Å². The normalized spacial score (nSPS) is 24.7. The minimum Gasteiger partial charge on any atom is -0.371 e. The van der Waals surface area contributed by atoms with E-state index in [1.807, 2.05) is 24.1 Å². The van der Waals surface area contributed by atoms with Crippen LogP contribution in [0.4, 0.5) is 10.5 Å². The predicted octanol–water partition coefficient (Wildman–Crippen LogP) is 5.49. The van der Waals surface area contributed by atoms with E-state index in [1.54, 1.807) is 17.0 Å². The number of piperidine rings is 1. The molecule has 4 fully saturated rings. The molecule has 4 heterocycles. The zero-order valence-corrected chi connectivity index (χ0v) is 28.4. The second-order valence-corrected chi connectivity index (χ2v) is 16.1. The van der Waals surface area contributed by atoms with Gasteiger partial charge >= 0.3 is 6.03 Å². The van der Waals surface area contributed by atoms with Gasteiger partial charge in [0.1, 0.15) is 13.5 Å². The van der Waals surface area contributed by atoms with Crippen LogP contribution in [-0.2, 0) is 20.0 Å². The van der Waals surface area contributed by atoms with Crippen LogP contribution in [0, 0.1) is 17.8 Å². The van der Waals surface area contributed by atoms with Crippen LogP contribution >= 0.6 is 0 Å². The number of hydrogen-bond acceptors (Lipinski definition) is 7. The number of amides is 2. The number of pyridine rings is 1. The molecule has 0 spiro atoms. The molecule has 3 aromatic rings. The highest BCUT2D eigenvalue weighted by Gasteiger charge is 2.51. The van der Waals surface area contributed by atoms with Gasteiger partial charge in [-0.1, -0.05) is 43.7 Å². The molecule has 1 saturated carbocycles. The van der Waals surface area contributed by atoms with Gasteiger partial charge in [0.15, 0.2) is 0 Å². The maximum atomic E-state index is 13.2. The molecule has 10 heteroatoms. The number of carbonyl (C=O) groups excluding carboxylic acids is 1. The lowest BCUT2D eigenvalue weighted by Crippen LogP contribution is -2.58. The smallest absolute Gasteiger partial charge is 0.323 e. The number of rotatable bonds is 9. The summed E-state index contributed by atoms with van der Waals surface area (Å²) < 4.78 is 31.7. The molecule has 3 atom stereocenters. The van der Waals surface area contributed by atoms with Crippen molar-refractivity contribution >= 4 is 21.6 Å². The number of carbonyl (C=O) groups is 1. The number of anilines is 1. The first kappa shape index (κ1) is 32.1. The molecule has 3 aliphatic heterocycles. The van der Waals surface area contributed by atoms with Crippen LogP contribution < -0.4 is 4.90 Å². The molecule has 2 aromatic carbocycles. The average Bonchev–Trinajstić information content (AvgIpc) is 3.59. The first-order valence-corrected chi connectivity index (χ1v) is 18.6. The minimum atomic E-state index is -3.54. The number of hydrogen-bond donors (Lipinski definition) is 0. The first-order valence-electron chi connectivity index (χ1n) is 17.1. The molecule has 0 bridgehead atoms. The van der Waals surface area contributed by atoms with E-state index in [-0.39, 0.29) is 22.4 Å². The maximum absolute atomic E-state index is 13.2. The Hall–Kier alpha value is -3.47. The van der Waals surface area contributed by atoms with Gasteiger partial charge in [0.05, 0.1) is 9.79 Å². The average molecular weight is 658 g/mol. The van der Waals surface area contributed by atoms with Gasteiger partial charge in [0.2, 0.25) is 9.84 Å². The third-order valence-electron chi connectivity index (χ3n) is 11.5. The fourth-order valence-electron chi connectivity index (χ4n) is 8.87. The summed E-state index contributed by atoms with van der Waals surface area (Å²) in [7, 11) is -1.71. The molecule has 7 rings (SSSR count). The van der Waals surface area contributed by atoms with Gasteiger partial charge in [-0.2, -0.15) is 0 Å². The predicted molar refractivity (Wildman–Crippen MR) is 182 cm³/mol. The van der Waals surface area contributed by atoms with E-state index in [2.05, 4.69) is 52.0 Å².